The van der Waals surface area contributed by atoms with E-state index < -0.39 is 0 Å². The van der Waals surface area contributed by atoms with Gasteiger partial charge >= 0.3 is 0 Å². The Labute approximate surface area is 64.6 Å². The second kappa shape index (κ2) is 3.01. The van der Waals surface area contributed by atoms with Crippen LogP contribution in [0.2, 0.25) is 0 Å². The Morgan fingerprint density at radius 3 is 2.73 bits per heavy atom. The summed E-state index contributed by atoms with van der Waals surface area (Å²) in [6.07, 6.45) is 4.01. The van der Waals surface area contributed by atoms with Gasteiger partial charge in [-0.25, -0.2) is 0 Å². The summed E-state index contributed by atoms with van der Waals surface area (Å²) in [7, 11) is 0. The van der Waals surface area contributed by atoms with Crippen molar-refractivity contribution >= 4 is 18.4 Å². The monoisotopic (exact) mass is 147 g/mol. The molecule has 2 heteroatoms. The maximum Gasteiger partial charge on any atom is 0.152 e. The molecule has 1 rings (SSSR count). The summed E-state index contributed by atoms with van der Waals surface area (Å²) in [5.41, 5.74) is 0.542. The third kappa shape index (κ3) is 1.29. The lowest BCUT2D eigenvalue weighted by Gasteiger charge is -1.84. The highest BCUT2D eigenvalue weighted by Crippen LogP contribution is 1.83. The highest BCUT2D eigenvalue weighted by atomic mass is 16.1. The molecule has 0 unspecified atom stereocenters. The number of hydrogen-bond donors (Lipinski definition) is 1. The number of carbonyl (C=O) groups is 1. The molecule has 0 aromatic carbocycles. The van der Waals surface area contributed by atoms with Crippen LogP contribution in [0.3, 0.4) is 0 Å². The summed E-state index contributed by atoms with van der Waals surface area (Å²) < 4.78 is 0. The molecule has 1 N–H and O–H groups in total. The molecule has 56 valence electrons. The summed E-state index contributed by atoms with van der Waals surface area (Å²) in [6.45, 7) is 7.25. The van der Waals surface area contributed by atoms with Gasteiger partial charge in [0.25, 0.3) is 0 Å². The van der Waals surface area contributed by atoms with Crippen molar-refractivity contribution in [2.45, 2.75) is 0 Å². The molecule has 0 aliphatic carbocycles. The van der Waals surface area contributed by atoms with E-state index >= 15 is 0 Å². The fourth-order valence-electron chi connectivity index (χ4n) is 0.879. The van der Waals surface area contributed by atoms with Crippen molar-refractivity contribution < 1.29 is 4.79 Å². The first-order valence-corrected chi connectivity index (χ1v) is 3.24. The van der Waals surface area contributed by atoms with Gasteiger partial charge in [-0.15, -0.1) is 0 Å². The average molecular weight is 147 g/mol. The summed E-state index contributed by atoms with van der Waals surface area (Å²) in [5, 5.41) is 1.56. The number of allylic oxidation sites excluding steroid dienone is 1. The third-order valence-electron chi connectivity index (χ3n) is 1.47. The van der Waals surface area contributed by atoms with Crippen LogP contribution in [0.5, 0.6) is 0 Å². The Balaban J connectivity index is 3.58. The van der Waals surface area contributed by atoms with Crippen LogP contribution in [-0.4, -0.2) is 11.3 Å². The average Bonchev–Trinajstić information content (AvgIpc) is 2.40. The van der Waals surface area contributed by atoms with E-state index in [1.54, 1.807) is 6.20 Å². The first-order valence-electron chi connectivity index (χ1n) is 3.24. The van der Waals surface area contributed by atoms with Crippen molar-refractivity contribution in [2.24, 2.45) is 0 Å². The van der Waals surface area contributed by atoms with Gasteiger partial charge in [0, 0.05) is 11.8 Å². The van der Waals surface area contributed by atoms with E-state index in [0.717, 1.165) is 16.9 Å². The molecule has 0 bridgehead atoms. The number of H-pyrrole nitrogens is 1. The maximum absolute atomic E-state index is 10.4. The Morgan fingerprint density at radius 1 is 1.64 bits per heavy atom. The SMILES string of the molecule is C=C/C(C=O)=c1/[nH]ccc1=C. The van der Waals surface area contributed by atoms with E-state index in [4.69, 9.17) is 0 Å². The molecule has 0 saturated heterocycles. The van der Waals surface area contributed by atoms with Crippen LogP contribution in [0.1, 0.15) is 0 Å². The van der Waals surface area contributed by atoms with Crippen molar-refractivity contribution in [1.29, 1.82) is 0 Å². The highest BCUT2D eigenvalue weighted by molar-refractivity contribution is 6.02. The number of aromatic amines is 1. The molecule has 0 fully saturated rings. The van der Waals surface area contributed by atoms with Crippen LogP contribution >= 0.6 is 0 Å². The number of rotatable bonds is 2. The molecule has 0 aliphatic rings. The van der Waals surface area contributed by atoms with Gasteiger partial charge in [-0.3, -0.25) is 4.79 Å². The molecule has 0 radical (unpaired) electrons. The van der Waals surface area contributed by atoms with Crippen molar-refractivity contribution in [3.05, 3.63) is 35.5 Å². The minimum atomic E-state index is 0.542. The Kier molecular flexibility index (Phi) is 2.06. The topological polar surface area (TPSA) is 32.9 Å². The number of carbonyl (C=O) groups excluding carboxylic acids is 1. The van der Waals surface area contributed by atoms with Crippen LogP contribution in [0, 0.1) is 0 Å². The zero-order valence-electron chi connectivity index (χ0n) is 6.13. The second-order valence-electron chi connectivity index (χ2n) is 2.16. The minimum Gasteiger partial charge on any atom is -0.361 e. The van der Waals surface area contributed by atoms with Gasteiger partial charge in [-0.05, 0) is 11.3 Å². The number of aldehydes is 1. The summed E-state index contributed by atoms with van der Waals surface area (Å²) >= 11 is 0. The molecule has 0 spiro atoms. The Morgan fingerprint density at radius 2 is 2.36 bits per heavy atom. The van der Waals surface area contributed by atoms with E-state index in [2.05, 4.69) is 18.1 Å². The predicted molar refractivity (Wildman–Crippen MR) is 45.2 cm³/mol. The van der Waals surface area contributed by atoms with Gasteiger partial charge in [-0.2, -0.15) is 0 Å². The molecule has 1 aromatic rings. The quantitative estimate of drug-likeness (QED) is 0.585. The first kappa shape index (κ1) is 7.54. The lowest BCUT2D eigenvalue weighted by Crippen LogP contribution is -2.23. The fourth-order valence-corrected chi connectivity index (χ4v) is 0.879. The molecule has 0 atom stereocenters. The van der Waals surface area contributed by atoms with Gasteiger partial charge < -0.3 is 4.98 Å². The van der Waals surface area contributed by atoms with Crippen LogP contribution in [0.4, 0.5) is 0 Å². The number of aromatic nitrogens is 1. The van der Waals surface area contributed by atoms with Gasteiger partial charge in [-0.1, -0.05) is 19.2 Å². The lowest BCUT2D eigenvalue weighted by atomic mass is 10.2. The Bertz CT molecular complexity index is 363. The zero-order chi connectivity index (χ0) is 8.27. The molecule has 2 nitrogen and oxygen atoms in total. The normalized spacial score (nSPS) is 12.4. The van der Waals surface area contributed by atoms with E-state index in [0.29, 0.717) is 5.57 Å². The number of hydrogen-bond acceptors (Lipinski definition) is 1. The smallest absolute Gasteiger partial charge is 0.152 e. The molecule has 0 aliphatic heterocycles. The summed E-state index contributed by atoms with van der Waals surface area (Å²) in [5.74, 6) is 0. The Hall–Kier alpha value is -1.57. The van der Waals surface area contributed by atoms with Gasteiger partial charge in [0.15, 0.2) is 6.29 Å². The maximum atomic E-state index is 10.4. The summed E-state index contributed by atoms with van der Waals surface area (Å²) in [6, 6.07) is 1.81. The zero-order valence-corrected chi connectivity index (χ0v) is 6.13. The highest BCUT2D eigenvalue weighted by Gasteiger charge is 1.90. The molecular weight excluding hydrogens is 138 g/mol. The summed E-state index contributed by atoms with van der Waals surface area (Å²) in [4.78, 5) is 13.3. The minimum absolute atomic E-state index is 0.542. The third-order valence-corrected chi connectivity index (χ3v) is 1.47. The number of nitrogens with one attached hydrogen (secondary N) is 1. The van der Waals surface area contributed by atoms with Gasteiger partial charge in [0.05, 0.1) is 5.35 Å². The molecule has 1 aromatic heterocycles. The van der Waals surface area contributed by atoms with E-state index in [9.17, 15) is 4.79 Å². The fraction of sp³-hybridized carbons (Fsp3) is 0. The van der Waals surface area contributed by atoms with Crippen LogP contribution in [-0.2, 0) is 4.79 Å². The van der Waals surface area contributed by atoms with Crippen molar-refractivity contribution in [2.75, 3.05) is 0 Å². The molecule has 1 heterocycles. The van der Waals surface area contributed by atoms with E-state index in [1.807, 2.05) is 6.07 Å². The lowest BCUT2D eigenvalue weighted by molar-refractivity contribution is -0.103. The van der Waals surface area contributed by atoms with Crippen molar-refractivity contribution in [1.82, 2.24) is 4.98 Å². The second-order valence-corrected chi connectivity index (χ2v) is 2.16. The largest absolute Gasteiger partial charge is 0.361 e. The predicted octanol–water partition coefficient (Wildman–Crippen LogP) is -0.0394. The van der Waals surface area contributed by atoms with Crippen molar-refractivity contribution in [3.63, 3.8) is 0 Å². The van der Waals surface area contributed by atoms with Crippen LogP contribution < -0.4 is 10.6 Å². The standard InChI is InChI=1S/C9H9NO/c1-3-8(6-11)9-7(2)4-5-10-9/h3-6,10H,1-2H2/b9-8-. The van der Waals surface area contributed by atoms with E-state index in [1.165, 1.54) is 6.08 Å². The molecule has 11 heavy (non-hydrogen) atoms. The van der Waals surface area contributed by atoms with E-state index in [-0.39, 0.29) is 0 Å². The molecular formula is C9H9NO. The van der Waals surface area contributed by atoms with Gasteiger partial charge in [0.1, 0.15) is 0 Å². The first-order chi connectivity index (χ1) is 5.29. The van der Waals surface area contributed by atoms with Crippen molar-refractivity contribution in [3.8, 4) is 0 Å². The van der Waals surface area contributed by atoms with Gasteiger partial charge in [0.2, 0.25) is 0 Å². The molecule has 0 amide bonds. The van der Waals surface area contributed by atoms with Crippen LogP contribution in [0.25, 0.3) is 12.2 Å². The molecule has 0 saturated carbocycles. The van der Waals surface area contributed by atoms with Crippen LogP contribution in [0.15, 0.2) is 24.9 Å².